The van der Waals surface area contributed by atoms with Crippen LogP contribution in [-0.2, 0) is 4.79 Å². The van der Waals surface area contributed by atoms with Gasteiger partial charge in [0.25, 0.3) is 0 Å². The van der Waals surface area contributed by atoms with Crippen LogP contribution in [0, 0.1) is 0 Å². The Labute approximate surface area is 154 Å². The fourth-order valence-electron chi connectivity index (χ4n) is 3.20. The zero-order valence-electron chi connectivity index (χ0n) is 15.4. The molecular formula is C21H26N2O3. The molecule has 0 radical (unpaired) electrons. The predicted octanol–water partition coefficient (Wildman–Crippen LogP) is 3.87. The summed E-state index contributed by atoms with van der Waals surface area (Å²) in [4.78, 5) is 15.2. The minimum absolute atomic E-state index is 0.0469. The molecule has 1 aliphatic heterocycles. The number of rotatable bonds is 6. The van der Waals surface area contributed by atoms with Crippen molar-refractivity contribution in [1.82, 2.24) is 4.90 Å². The highest BCUT2D eigenvalue weighted by Crippen LogP contribution is 2.33. The first kappa shape index (κ1) is 18.3. The van der Waals surface area contributed by atoms with Crippen molar-refractivity contribution in [3.63, 3.8) is 0 Å². The summed E-state index contributed by atoms with van der Waals surface area (Å²) in [5.41, 5.74) is 1.70. The molecule has 0 aliphatic carbocycles. The van der Waals surface area contributed by atoms with Crippen LogP contribution in [0.5, 0.6) is 11.5 Å². The fourth-order valence-corrected chi connectivity index (χ4v) is 3.20. The quantitative estimate of drug-likeness (QED) is 0.856. The van der Waals surface area contributed by atoms with Crippen molar-refractivity contribution in [1.29, 1.82) is 0 Å². The van der Waals surface area contributed by atoms with Gasteiger partial charge in [0, 0.05) is 18.2 Å². The lowest BCUT2D eigenvalue weighted by Gasteiger charge is -2.29. The summed E-state index contributed by atoms with van der Waals surface area (Å²) in [5.74, 6) is 1.36. The SMILES string of the molecule is CCN(CC)C(C(=O)Nc1ccc2c(c1)OCCCO2)c1ccccc1. The van der Waals surface area contributed by atoms with E-state index in [9.17, 15) is 4.79 Å². The molecule has 1 aliphatic rings. The van der Waals surface area contributed by atoms with Gasteiger partial charge in [-0.3, -0.25) is 9.69 Å². The van der Waals surface area contributed by atoms with Crippen molar-refractivity contribution in [3.05, 3.63) is 54.1 Å². The van der Waals surface area contributed by atoms with Crippen LogP contribution in [0.4, 0.5) is 5.69 Å². The van der Waals surface area contributed by atoms with E-state index in [0.717, 1.165) is 30.8 Å². The number of benzene rings is 2. The molecule has 5 nitrogen and oxygen atoms in total. The van der Waals surface area contributed by atoms with E-state index in [0.29, 0.717) is 24.7 Å². The Kier molecular flexibility index (Phi) is 6.12. The molecule has 0 saturated carbocycles. The first-order valence-electron chi connectivity index (χ1n) is 9.22. The maximum atomic E-state index is 13.1. The van der Waals surface area contributed by atoms with Gasteiger partial charge in [-0.25, -0.2) is 0 Å². The summed E-state index contributed by atoms with van der Waals surface area (Å²) in [6, 6.07) is 15.1. The van der Waals surface area contributed by atoms with Gasteiger partial charge in [-0.2, -0.15) is 0 Å². The second-order valence-electron chi connectivity index (χ2n) is 6.24. The van der Waals surface area contributed by atoms with Crippen LogP contribution in [0.2, 0.25) is 0 Å². The van der Waals surface area contributed by atoms with Crippen LogP contribution in [-0.4, -0.2) is 37.1 Å². The first-order chi connectivity index (χ1) is 12.7. The van der Waals surface area contributed by atoms with Gasteiger partial charge in [0.2, 0.25) is 5.91 Å². The number of carbonyl (C=O) groups excluding carboxylic acids is 1. The van der Waals surface area contributed by atoms with Gasteiger partial charge in [-0.05, 0) is 30.8 Å². The van der Waals surface area contributed by atoms with E-state index in [4.69, 9.17) is 9.47 Å². The molecule has 26 heavy (non-hydrogen) atoms. The van der Waals surface area contributed by atoms with Gasteiger partial charge < -0.3 is 14.8 Å². The Bertz CT molecular complexity index is 729. The lowest BCUT2D eigenvalue weighted by atomic mass is 10.0. The third-order valence-electron chi connectivity index (χ3n) is 4.56. The lowest BCUT2D eigenvalue weighted by Crippen LogP contribution is -2.37. The normalized spacial score (nSPS) is 14.6. The van der Waals surface area contributed by atoms with Crippen LogP contribution in [0.3, 0.4) is 0 Å². The predicted molar refractivity (Wildman–Crippen MR) is 103 cm³/mol. The van der Waals surface area contributed by atoms with Crippen LogP contribution < -0.4 is 14.8 Å². The van der Waals surface area contributed by atoms with Crippen molar-refractivity contribution < 1.29 is 14.3 Å². The van der Waals surface area contributed by atoms with Gasteiger partial charge in [0.1, 0.15) is 6.04 Å². The van der Waals surface area contributed by atoms with Crippen molar-refractivity contribution in [2.75, 3.05) is 31.6 Å². The van der Waals surface area contributed by atoms with Crippen LogP contribution >= 0.6 is 0 Å². The minimum Gasteiger partial charge on any atom is -0.490 e. The molecule has 0 spiro atoms. The molecule has 2 aromatic carbocycles. The number of hydrogen-bond donors (Lipinski definition) is 1. The fraction of sp³-hybridized carbons (Fsp3) is 0.381. The van der Waals surface area contributed by atoms with E-state index in [1.165, 1.54) is 0 Å². The first-order valence-corrected chi connectivity index (χ1v) is 9.22. The van der Waals surface area contributed by atoms with E-state index in [1.807, 2.05) is 48.5 Å². The van der Waals surface area contributed by atoms with E-state index in [2.05, 4.69) is 24.1 Å². The highest BCUT2D eigenvalue weighted by Gasteiger charge is 2.26. The standard InChI is InChI=1S/C21H26N2O3/c1-3-23(4-2)20(16-9-6-5-7-10-16)21(24)22-17-11-12-18-19(15-17)26-14-8-13-25-18/h5-7,9-12,15,20H,3-4,8,13-14H2,1-2H3,(H,22,24). The maximum Gasteiger partial charge on any atom is 0.246 e. The average Bonchev–Trinajstić information content (AvgIpc) is 2.91. The summed E-state index contributed by atoms with van der Waals surface area (Å²) in [6.45, 7) is 7.00. The molecule has 0 bridgehead atoms. The average molecular weight is 354 g/mol. The Balaban J connectivity index is 1.82. The van der Waals surface area contributed by atoms with Crippen LogP contribution in [0.15, 0.2) is 48.5 Å². The van der Waals surface area contributed by atoms with E-state index in [1.54, 1.807) is 0 Å². The molecule has 1 N–H and O–H groups in total. The van der Waals surface area contributed by atoms with Gasteiger partial charge in [-0.1, -0.05) is 44.2 Å². The van der Waals surface area contributed by atoms with Gasteiger partial charge in [0.15, 0.2) is 11.5 Å². The van der Waals surface area contributed by atoms with Gasteiger partial charge in [0.05, 0.1) is 13.2 Å². The van der Waals surface area contributed by atoms with Crippen molar-refractivity contribution in [3.8, 4) is 11.5 Å². The van der Waals surface area contributed by atoms with Gasteiger partial charge >= 0.3 is 0 Å². The molecule has 1 atom stereocenters. The van der Waals surface area contributed by atoms with Crippen LogP contribution in [0.1, 0.15) is 31.9 Å². The molecule has 0 saturated heterocycles. The Hall–Kier alpha value is -2.53. The summed E-state index contributed by atoms with van der Waals surface area (Å²) < 4.78 is 11.4. The maximum absolute atomic E-state index is 13.1. The van der Waals surface area contributed by atoms with E-state index < -0.39 is 0 Å². The second-order valence-corrected chi connectivity index (χ2v) is 6.24. The number of carbonyl (C=O) groups is 1. The van der Waals surface area contributed by atoms with Crippen molar-refractivity contribution in [2.24, 2.45) is 0 Å². The molecule has 0 aromatic heterocycles. The van der Waals surface area contributed by atoms with E-state index in [-0.39, 0.29) is 11.9 Å². The molecule has 0 fully saturated rings. The van der Waals surface area contributed by atoms with Crippen molar-refractivity contribution in [2.45, 2.75) is 26.3 Å². The number of ether oxygens (including phenoxy) is 2. The largest absolute Gasteiger partial charge is 0.490 e. The zero-order chi connectivity index (χ0) is 18.4. The Morgan fingerprint density at radius 3 is 2.42 bits per heavy atom. The number of nitrogens with one attached hydrogen (secondary N) is 1. The third-order valence-corrected chi connectivity index (χ3v) is 4.56. The molecule has 138 valence electrons. The second kappa shape index (κ2) is 8.72. The summed E-state index contributed by atoms with van der Waals surface area (Å²) in [5, 5.41) is 3.04. The third kappa shape index (κ3) is 4.17. The molecule has 1 unspecified atom stereocenters. The topological polar surface area (TPSA) is 50.8 Å². The lowest BCUT2D eigenvalue weighted by molar-refractivity contribution is -0.121. The number of anilines is 1. The number of hydrogen-bond acceptors (Lipinski definition) is 4. The zero-order valence-corrected chi connectivity index (χ0v) is 15.4. The summed E-state index contributed by atoms with van der Waals surface area (Å²) in [6.07, 6.45) is 0.856. The molecule has 1 amide bonds. The van der Waals surface area contributed by atoms with Crippen molar-refractivity contribution >= 4 is 11.6 Å². The van der Waals surface area contributed by atoms with Gasteiger partial charge in [-0.15, -0.1) is 0 Å². The molecular weight excluding hydrogens is 328 g/mol. The van der Waals surface area contributed by atoms with E-state index >= 15 is 0 Å². The monoisotopic (exact) mass is 354 g/mol. The smallest absolute Gasteiger partial charge is 0.246 e. The highest BCUT2D eigenvalue weighted by molar-refractivity contribution is 5.95. The number of likely N-dealkylation sites (N-methyl/N-ethyl adjacent to an activating group) is 1. The number of nitrogens with zero attached hydrogens (tertiary/aromatic N) is 1. The molecule has 2 aromatic rings. The molecule has 5 heteroatoms. The van der Waals surface area contributed by atoms with Crippen LogP contribution in [0.25, 0.3) is 0 Å². The minimum atomic E-state index is -0.331. The summed E-state index contributed by atoms with van der Waals surface area (Å²) >= 11 is 0. The Morgan fingerprint density at radius 2 is 1.73 bits per heavy atom. The number of fused-ring (bicyclic) bond motifs is 1. The number of amides is 1. The Morgan fingerprint density at radius 1 is 1.04 bits per heavy atom. The molecule has 3 rings (SSSR count). The highest BCUT2D eigenvalue weighted by atomic mass is 16.5. The summed E-state index contributed by atoms with van der Waals surface area (Å²) in [7, 11) is 0. The molecule has 1 heterocycles.